The van der Waals surface area contributed by atoms with Gasteiger partial charge in [0, 0.05) is 11.1 Å². The molecule has 0 fully saturated rings. The van der Waals surface area contributed by atoms with E-state index < -0.39 is 0 Å². The van der Waals surface area contributed by atoms with Gasteiger partial charge in [-0.05, 0) is 29.3 Å². The van der Waals surface area contributed by atoms with E-state index >= 15 is 0 Å². The van der Waals surface area contributed by atoms with Gasteiger partial charge in [0.2, 0.25) is 0 Å². The normalized spacial score (nSPS) is 11.6. The first-order valence-corrected chi connectivity index (χ1v) is 22.5. The third-order valence-electron chi connectivity index (χ3n) is 10.8. The zero-order valence-corrected chi connectivity index (χ0v) is 35.4. The van der Waals surface area contributed by atoms with Crippen molar-refractivity contribution in [3.63, 3.8) is 0 Å². The Labute approximate surface area is 354 Å². The summed E-state index contributed by atoms with van der Waals surface area (Å²) in [5.74, 6) is 2.44. The monoisotopic (exact) mass is 880 g/mol. The van der Waals surface area contributed by atoms with Gasteiger partial charge in [-0.25, -0.2) is 0 Å². The molecule has 0 aliphatic carbocycles. The summed E-state index contributed by atoms with van der Waals surface area (Å²) in [4.78, 5) is 5.26. The van der Waals surface area contributed by atoms with Gasteiger partial charge >= 0.3 is 197 Å². The minimum atomic E-state index is -0.377. The van der Waals surface area contributed by atoms with Gasteiger partial charge in [0.15, 0.2) is 0 Å². The van der Waals surface area contributed by atoms with Crippen LogP contribution in [-0.2, 0) is 5.41 Å². The summed E-state index contributed by atoms with van der Waals surface area (Å²) in [5, 5.41) is 9.91. The van der Waals surface area contributed by atoms with Gasteiger partial charge in [0.25, 0.3) is 0 Å². The van der Waals surface area contributed by atoms with Crippen molar-refractivity contribution in [3.05, 3.63) is 192 Å². The summed E-state index contributed by atoms with van der Waals surface area (Å²) in [7, 11) is 0. The molecule has 0 radical (unpaired) electrons. The number of para-hydroxylation sites is 4. The van der Waals surface area contributed by atoms with E-state index in [1.165, 1.54) is 19.7 Å². The predicted octanol–water partition coefficient (Wildman–Crippen LogP) is 14.3. The molecule has 6 heteroatoms. The van der Waals surface area contributed by atoms with Crippen LogP contribution < -0.4 is 15.4 Å². The SMILES string of the molecule is CC(C)(C)c1cc(-n2c3ccccc3c3ccc(Oc4cccc(Nc5ccccc5Nc5c(-c6ccccc6)cccc5-c5ccccc5)c4)cc32)nc2cc[te]c12. The maximum absolute atomic E-state index is 6.66. The molecule has 0 aliphatic heterocycles. The van der Waals surface area contributed by atoms with E-state index in [9.17, 15) is 0 Å². The van der Waals surface area contributed by atoms with Gasteiger partial charge < -0.3 is 10.6 Å². The van der Waals surface area contributed by atoms with Gasteiger partial charge in [-0.1, -0.05) is 91.0 Å². The molecule has 286 valence electrons. The first kappa shape index (κ1) is 36.7. The fraction of sp³-hybridized carbons (Fsp3) is 0.0755. The molecule has 2 N–H and O–H groups in total. The molecule has 10 rings (SSSR count). The summed E-state index contributed by atoms with van der Waals surface area (Å²) in [6.45, 7) is 6.92. The van der Waals surface area contributed by atoms with Crippen molar-refractivity contribution in [1.82, 2.24) is 9.55 Å². The molecule has 10 aromatic rings. The zero-order chi connectivity index (χ0) is 39.9. The molecule has 59 heavy (non-hydrogen) atoms. The number of benzene rings is 7. The van der Waals surface area contributed by atoms with Gasteiger partial charge in [-0.3, -0.25) is 0 Å². The fourth-order valence-electron chi connectivity index (χ4n) is 8.04. The Hall–Kier alpha value is -6.58. The molecule has 0 saturated heterocycles. The van der Waals surface area contributed by atoms with E-state index in [0.717, 1.165) is 78.9 Å². The average molecular weight is 879 g/mol. The van der Waals surface area contributed by atoms with Gasteiger partial charge in [-0.15, -0.1) is 0 Å². The molecule has 3 aromatic heterocycles. The molecule has 5 nitrogen and oxygen atoms in total. The van der Waals surface area contributed by atoms with E-state index in [1.54, 1.807) is 0 Å². The topological polar surface area (TPSA) is 51.1 Å². The minimum absolute atomic E-state index is 0.0129. The summed E-state index contributed by atoms with van der Waals surface area (Å²) in [6.07, 6.45) is 0. The van der Waals surface area contributed by atoms with E-state index in [2.05, 4.69) is 210 Å². The van der Waals surface area contributed by atoms with Gasteiger partial charge in [0.05, 0.1) is 17.1 Å². The Morgan fingerprint density at radius 1 is 0.542 bits per heavy atom. The molecule has 0 bridgehead atoms. The molecule has 0 unspecified atom stereocenters. The second kappa shape index (κ2) is 15.3. The Morgan fingerprint density at radius 2 is 1.17 bits per heavy atom. The van der Waals surface area contributed by atoms with Crippen molar-refractivity contribution < 1.29 is 4.74 Å². The number of rotatable bonds is 9. The van der Waals surface area contributed by atoms with Crippen molar-refractivity contribution in [1.29, 1.82) is 0 Å². The number of ether oxygens (including phenoxy) is 1. The van der Waals surface area contributed by atoms with Crippen molar-refractivity contribution in [2.75, 3.05) is 10.6 Å². The first-order valence-electron chi connectivity index (χ1n) is 19.9. The Kier molecular flexibility index (Phi) is 9.53. The number of nitrogens with one attached hydrogen (secondary N) is 2. The number of fused-ring (bicyclic) bond motifs is 4. The molecular weight excluding hydrogens is 836 g/mol. The van der Waals surface area contributed by atoms with Crippen LogP contribution in [0.25, 0.3) is 58.8 Å². The second-order valence-corrected chi connectivity index (χ2v) is 18.4. The van der Waals surface area contributed by atoms with Crippen LogP contribution in [0.5, 0.6) is 11.5 Å². The molecule has 0 amide bonds. The molecule has 0 saturated carbocycles. The van der Waals surface area contributed by atoms with Crippen LogP contribution in [0.2, 0.25) is 0 Å². The predicted molar refractivity (Wildman–Crippen MR) is 249 cm³/mol. The van der Waals surface area contributed by atoms with E-state index in [0.29, 0.717) is 0 Å². The zero-order valence-electron chi connectivity index (χ0n) is 33.1. The molecule has 0 aliphatic rings. The van der Waals surface area contributed by atoms with E-state index in [4.69, 9.17) is 9.72 Å². The summed E-state index contributed by atoms with van der Waals surface area (Å²) in [5.41, 5.74) is 13.2. The molecule has 0 atom stereocenters. The number of nitrogens with zero attached hydrogens (tertiary/aromatic N) is 2. The molecule has 7 aromatic carbocycles. The Bertz CT molecular complexity index is 3070. The quantitative estimate of drug-likeness (QED) is 0.142. The van der Waals surface area contributed by atoms with E-state index in [-0.39, 0.29) is 25.8 Å². The van der Waals surface area contributed by atoms with Gasteiger partial charge in [-0.2, -0.15) is 0 Å². The van der Waals surface area contributed by atoms with Crippen LogP contribution in [-0.4, -0.2) is 30.0 Å². The van der Waals surface area contributed by atoms with Crippen molar-refractivity contribution in [2.45, 2.75) is 26.2 Å². The third-order valence-corrected chi connectivity index (χ3v) is 13.5. The number of hydrogen-bond acceptors (Lipinski definition) is 4. The summed E-state index contributed by atoms with van der Waals surface area (Å²) in [6, 6.07) is 63.6. The summed E-state index contributed by atoms with van der Waals surface area (Å²) >= 11 is -0.377. The van der Waals surface area contributed by atoms with Crippen molar-refractivity contribution in [2.24, 2.45) is 0 Å². The number of anilines is 4. The second-order valence-electron chi connectivity index (χ2n) is 15.8. The van der Waals surface area contributed by atoms with Crippen LogP contribution in [0.15, 0.2) is 186 Å². The van der Waals surface area contributed by atoms with Crippen LogP contribution >= 0.6 is 0 Å². The van der Waals surface area contributed by atoms with Crippen LogP contribution in [0.1, 0.15) is 26.3 Å². The summed E-state index contributed by atoms with van der Waals surface area (Å²) < 4.78 is 12.8. The Balaban J connectivity index is 0.987. The molecule has 0 spiro atoms. The van der Waals surface area contributed by atoms with Crippen molar-refractivity contribution >= 4 is 73.9 Å². The van der Waals surface area contributed by atoms with Gasteiger partial charge in [0.1, 0.15) is 0 Å². The average Bonchev–Trinajstić information content (AvgIpc) is 3.87. The van der Waals surface area contributed by atoms with Crippen molar-refractivity contribution in [3.8, 4) is 39.6 Å². The third kappa shape index (κ3) is 7.16. The first-order chi connectivity index (χ1) is 28.9. The fourth-order valence-corrected chi connectivity index (χ4v) is 11.1. The molecule has 3 heterocycles. The van der Waals surface area contributed by atoms with Crippen LogP contribution in [0.3, 0.4) is 0 Å². The standard InChI is InChI=1S/C53H42N4OTe/c1-53(2,3)44-34-50(55-47-30-31-59-52(44)47)57-48-27-13-10-22-42(48)43-29-28-39(33-49(43)57)58-38-21-14-20-37(32-38)54-45-25-11-12-26-46(45)56-51-40(35-16-6-4-7-17-35)23-15-24-41(51)36-18-8-5-9-19-36/h4-34,54,56H,1-3H3. The molecular formula is C53H42N4OTe. The van der Waals surface area contributed by atoms with Crippen LogP contribution in [0.4, 0.5) is 22.7 Å². The Morgan fingerprint density at radius 3 is 1.90 bits per heavy atom. The van der Waals surface area contributed by atoms with Crippen LogP contribution in [0, 0.1) is 0 Å². The number of hydrogen-bond donors (Lipinski definition) is 2. The number of pyridine rings is 1. The maximum atomic E-state index is 6.66. The number of aromatic nitrogens is 2. The van der Waals surface area contributed by atoms with E-state index in [1.807, 2.05) is 12.1 Å².